The van der Waals surface area contributed by atoms with Crippen molar-refractivity contribution in [2.75, 3.05) is 5.73 Å². The van der Waals surface area contributed by atoms with Crippen molar-refractivity contribution in [2.24, 2.45) is 5.73 Å². The lowest BCUT2D eigenvalue weighted by molar-refractivity contribution is -0.122. The summed E-state index contributed by atoms with van der Waals surface area (Å²) in [7, 11) is 0. The van der Waals surface area contributed by atoms with Crippen LogP contribution in [0, 0.1) is 0 Å². The van der Waals surface area contributed by atoms with Crippen molar-refractivity contribution in [3.05, 3.63) is 51.7 Å². The molecule has 6 N–H and O–H groups in total. The molecule has 0 bridgehead atoms. The van der Waals surface area contributed by atoms with Crippen molar-refractivity contribution in [1.29, 1.82) is 0 Å². The molecule has 1 heterocycles. The number of urea groups is 1. The highest BCUT2D eigenvalue weighted by Crippen LogP contribution is 2.31. The molecule has 132 valence electrons. The van der Waals surface area contributed by atoms with Gasteiger partial charge in [-0.25, -0.2) is 4.79 Å². The van der Waals surface area contributed by atoms with Gasteiger partial charge in [0.05, 0.1) is 18.5 Å². The average Bonchev–Trinajstić information content (AvgIpc) is 3.08. The Labute approximate surface area is 150 Å². The van der Waals surface area contributed by atoms with E-state index in [4.69, 9.17) is 11.5 Å². The van der Waals surface area contributed by atoms with Crippen LogP contribution in [0.4, 0.5) is 10.5 Å². The molecule has 0 fully saturated rings. The van der Waals surface area contributed by atoms with Gasteiger partial charge in [-0.1, -0.05) is 12.1 Å². The van der Waals surface area contributed by atoms with Crippen LogP contribution in [-0.4, -0.2) is 11.9 Å². The van der Waals surface area contributed by atoms with E-state index in [1.807, 2.05) is 35.7 Å². The minimum atomic E-state index is -0.635. The molecule has 3 amide bonds. The third-order valence-electron chi connectivity index (χ3n) is 4.41. The maximum atomic E-state index is 12.6. The molecule has 3 rings (SSSR count). The lowest BCUT2D eigenvalue weighted by atomic mass is 9.87. The Morgan fingerprint density at radius 1 is 1.32 bits per heavy atom. The van der Waals surface area contributed by atoms with Crippen LogP contribution in [0.15, 0.2) is 35.7 Å². The van der Waals surface area contributed by atoms with Crippen LogP contribution < -0.4 is 22.1 Å². The van der Waals surface area contributed by atoms with Gasteiger partial charge >= 0.3 is 6.03 Å². The number of carbonyl (C=O) groups is 2. The minimum Gasteiger partial charge on any atom is -0.399 e. The first kappa shape index (κ1) is 17.3. The van der Waals surface area contributed by atoms with Crippen LogP contribution in [0.5, 0.6) is 0 Å². The van der Waals surface area contributed by atoms with Crippen LogP contribution in [0.3, 0.4) is 0 Å². The average molecular weight is 358 g/mol. The number of thiophene rings is 1. The molecule has 1 aliphatic rings. The number of aryl methyl sites for hydroxylation is 1. The van der Waals surface area contributed by atoms with Gasteiger partial charge in [0.15, 0.2) is 0 Å². The summed E-state index contributed by atoms with van der Waals surface area (Å²) < 4.78 is 0. The number of nitrogens with one attached hydrogen (secondary N) is 2. The lowest BCUT2D eigenvalue weighted by Gasteiger charge is -2.27. The molecule has 6 nitrogen and oxygen atoms in total. The SMILES string of the molecule is NC(=O)NC(CC(=O)NC1CCCc2cc(N)ccc21)c1cccs1. The predicted molar refractivity (Wildman–Crippen MR) is 99.1 cm³/mol. The standard InChI is InChI=1S/C18H22N4O2S/c19-12-6-7-13-11(9-12)3-1-4-14(13)21-17(23)10-15(22-18(20)24)16-5-2-8-25-16/h2,5-9,14-15H,1,3-4,10,19H2,(H,21,23)(H3,20,22,24). The zero-order chi connectivity index (χ0) is 17.8. The molecule has 25 heavy (non-hydrogen) atoms. The van der Waals surface area contributed by atoms with Gasteiger partial charge in [-0.3, -0.25) is 4.79 Å². The molecule has 1 aliphatic carbocycles. The smallest absolute Gasteiger partial charge is 0.312 e. The van der Waals surface area contributed by atoms with Gasteiger partial charge in [-0.05, 0) is 54.0 Å². The molecular formula is C18H22N4O2S. The number of rotatable bonds is 5. The third-order valence-corrected chi connectivity index (χ3v) is 5.40. The number of fused-ring (bicyclic) bond motifs is 1. The van der Waals surface area contributed by atoms with Gasteiger partial charge in [0.1, 0.15) is 0 Å². The Hall–Kier alpha value is -2.54. The van der Waals surface area contributed by atoms with E-state index in [1.54, 1.807) is 0 Å². The molecule has 2 aromatic rings. The maximum absolute atomic E-state index is 12.6. The Bertz CT molecular complexity index is 760. The molecule has 2 unspecified atom stereocenters. The van der Waals surface area contributed by atoms with E-state index < -0.39 is 12.1 Å². The van der Waals surface area contributed by atoms with E-state index in [-0.39, 0.29) is 18.4 Å². The van der Waals surface area contributed by atoms with E-state index in [2.05, 4.69) is 10.6 Å². The zero-order valence-electron chi connectivity index (χ0n) is 13.8. The largest absolute Gasteiger partial charge is 0.399 e. The highest BCUT2D eigenvalue weighted by atomic mass is 32.1. The number of anilines is 1. The number of hydrogen-bond acceptors (Lipinski definition) is 4. The topological polar surface area (TPSA) is 110 Å². The van der Waals surface area contributed by atoms with E-state index in [0.29, 0.717) is 0 Å². The zero-order valence-corrected chi connectivity index (χ0v) is 14.6. The molecule has 2 atom stereocenters. The van der Waals surface area contributed by atoms with Gasteiger partial charge in [0, 0.05) is 10.6 Å². The Morgan fingerprint density at radius 3 is 2.88 bits per heavy atom. The third kappa shape index (κ3) is 4.30. The fraction of sp³-hybridized carbons (Fsp3) is 0.333. The summed E-state index contributed by atoms with van der Waals surface area (Å²) in [4.78, 5) is 24.7. The Morgan fingerprint density at radius 2 is 2.16 bits per heavy atom. The summed E-state index contributed by atoms with van der Waals surface area (Å²) in [6, 6.07) is 8.55. The second-order valence-electron chi connectivity index (χ2n) is 6.25. The molecule has 0 radical (unpaired) electrons. The van der Waals surface area contributed by atoms with E-state index >= 15 is 0 Å². The van der Waals surface area contributed by atoms with Crippen molar-refractivity contribution in [3.63, 3.8) is 0 Å². The summed E-state index contributed by atoms with van der Waals surface area (Å²) in [5.41, 5.74) is 14.2. The van der Waals surface area contributed by atoms with Crippen LogP contribution in [-0.2, 0) is 11.2 Å². The number of primary amides is 1. The highest BCUT2D eigenvalue weighted by Gasteiger charge is 2.24. The number of nitrogens with two attached hydrogens (primary N) is 2. The fourth-order valence-corrected chi connectivity index (χ4v) is 4.08. The number of carbonyl (C=O) groups excluding carboxylic acids is 2. The quantitative estimate of drug-likeness (QED) is 0.617. The maximum Gasteiger partial charge on any atom is 0.312 e. The molecule has 1 aromatic carbocycles. The molecule has 1 aromatic heterocycles. The Balaban J connectivity index is 1.69. The van der Waals surface area contributed by atoms with Crippen LogP contribution in [0.1, 0.15) is 47.4 Å². The molecule has 7 heteroatoms. The summed E-state index contributed by atoms with van der Waals surface area (Å²) in [5, 5.41) is 7.65. The molecule has 0 saturated heterocycles. The predicted octanol–water partition coefficient (Wildman–Crippen LogP) is 2.62. The van der Waals surface area contributed by atoms with Crippen molar-refractivity contribution >= 4 is 29.0 Å². The molecule has 0 spiro atoms. The summed E-state index contributed by atoms with van der Waals surface area (Å²) >= 11 is 1.49. The summed E-state index contributed by atoms with van der Waals surface area (Å²) in [6.07, 6.45) is 3.04. The van der Waals surface area contributed by atoms with Gasteiger partial charge in [0.2, 0.25) is 5.91 Å². The fourth-order valence-electron chi connectivity index (χ4n) is 3.31. The van der Waals surface area contributed by atoms with Crippen molar-refractivity contribution < 1.29 is 9.59 Å². The van der Waals surface area contributed by atoms with E-state index in [9.17, 15) is 9.59 Å². The monoisotopic (exact) mass is 358 g/mol. The Kier molecular flexibility index (Phi) is 5.23. The molecular weight excluding hydrogens is 336 g/mol. The van der Waals surface area contributed by atoms with Gasteiger partial charge in [-0.2, -0.15) is 0 Å². The van der Waals surface area contributed by atoms with Gasteiger partial charge in [-0.15, -0.1) is 11.3 Å². The normalized spacial score (nSPS) is 17.4. The molecule has 0 saturated carbocycles. The highest BCUT2D eigenvalue weighted by molar-refractivity contribution is 7.10. The first-order chi connectivity index (χ1) is 12.0. The first-order valence-electron chi connectivity index (χ1n) is 8.30. The molecule has 0 aliphatic heterocycles. The first-order valence-corrected chi connectivity index (χ1v) is 9.18. The lowest BCUT2D eigenvalue weighted by Crippen LogP contribution is -2.37. The van der Waals surface area contributed by atoms with Crippen LogP contribution >= 0.6 is 11.3 Å². The van der Waals surface area contributed by atoms with E-state index in [1.165, 1.54) is 16.9 Å². The minimum absolute atomic E-state index is 0.0191. The van der Waals surface area contributed by atoms with Crippen LogP contribution in [0.25, 0.3) is 0 Å². The second kappa shape index (κ2) is 7.57. The van der Waals surface area contributed by atoms with Gasteiger partial charge in [0.25, 0.3) is 0 Å². The summed E-state index contributed by atoms with van der Waals surface area (Å²) in [6.45, 7) is 0. The number of amides is 3. The van der Waals surface area contributed by atoms with E-state index in [0.717, 1.165) is 35.4 Å². The second-order valence-corrected chi connectivity index (χ2v) is 7.23. The number of hydrogen-bond donors (Lipinski definition) is 4. The van der Waals surface area contributed by atoms with Crippen molar-refractivity contribution in [3.8, 4) is 0 Å². The van der Waals surface area contributed by atoms with Gasteiger partial charge < -0.3 is 22.1 Å². The summed E-state index contributed by atoms with van der Waals surface area (Å²) in [5.74, 6) is -0.109. The van der Waals surface area contributed by atoms with Crippen molar-refractivity contribution in [2.45, 2.75) is 37.8 Å². The number of nitrogen functional groups attached to an aromatic ring is 1. The van der Waals surface area contributed by atoms with Crippen molar-refractivity contribution in [1.82, 2.24) is 10.6 Å². The van der Waals surface area contributed by atoms with Crippen LogP contribution in [0.2, 0.25) is 0 Å². The number of benzene rings is 1.